The molecule has 2 atom stereocenters. The molecule has 1 aromatic heterocycles. The van der Waals surface area contributed by atoms with E-state index in [1.54, 1.807) is 6.92 Å². The highest BCUT2D eigenvalue weighted by Crippen LogP contribution is 2.26. The van der Waals surface area contributed by atoms with Crippen molar-refractivity contribution in [3.8, 4) is 11.3 Å². The fourth-order valence-corrected chi connectivity index (χ4v) is 3.79. The smallest absolute Gasteiger partial charge is 0.257 e. The molecule has 0 radical (unpaired) electrons. The predicted octanol–water partition coefficient (Wildman–Crippen LogP) is 2.24. The summed E-state index contributed by atoms with van der Waals surface area (Å²) in [5.74, 6) is 0.394. The van der Waals surface area contributed by atoms with E-state index in [9.17, 15) is 4.79 Å². The van der Waals surface area contributed by atoms with Gasteiger partial charge in [0.25, 0.3) is 5.91 Å². The lowest BCUT2D eigenvalue weighted by Crippen LogP contribution is -2.50. The van der Waals surface area contributed by atoms with Crippen LogP contribution in [0.3, 0.4) is 0 Å². The second kappa shape index (κ2) is 6.98. The first-order chi connectivity index (χ1) is 12.2. The lowest BCUT2D eigenvalue weighted by molar-refractivity contribution is 0.0915. The van der Waals surface area contributed by atoms with Crippen LogP contribution in [0.25, 0.3) is 11.3 Å². The Morgan fingerprint density at radius 3 is 2.72 bits per heavy atom. The largest absolute Gasteiger partial charge is 0.378 e. The van der Waals surface area contributed by atoms with Crippen LogP contribution >= 0.6 is 0 Å². The van der Waals surface area contributed by atoms with Gasteiger partial charge in [0.15, 0.2) is 0 Å². The third kappa shape index (κ3) is 3.19. The van der Waals surface area contributed by atoms with Crippen molar-refractivity contribution < 1.29 is 14.1 Å². The molecule has 4 rings (SSSR count). The van der Waals surface area contributed by atoms with E-state index in [1.165, 1.54) is 12.8 Å². The van der Waals surface area contributed by atoms with Crippen LogP contribution in [0.2, 0.25) is 0 Å². The highest BCUT2D eigenvalue weighted by Gasteiger charge is 2.36. The molecule has 1 amide bonds. The van der Waals surface area contributed by atoms with E-state index in [0.717, 1.165) is 18.7 Å². The topological polar surface area (TPSA) is 67.6 Å². The standard InChI is InChI=1S/C19H23N3O3/c1-13-17(18(21-25-13)14-7-3-2-4-8-14)19(23)20-15-11-24-12-16(15)22-9-5-6-10-22/h2-4,7-8,15-16H,5-6,9-12H2,1H3,(H,20,23)/t15-,16-/m1/s1. The van der Waals surface area contributed by atoms with Crippen LogP contribution in [-0.2, 0) is 4.74 Å². The summed E-state index contributed by atoms with van der Waals surface area (Å²) in [7, 11) is 0. The lowest BCUT2D eigenvalue weighted by Gasteiger charge is -2.27. The summed E-state index contributed by atoms with van der Waals surface area (Å²) in [5, 5.41) is 7.25. The van der Waals surface area contributed by atoms with Gasteiger partial charge in [-0.1, -0.05) is 35.5 Å². The number of rotatable bonds is 4. The number of hydrogen-bond acceptors (Lipinski definition) is 5. The van der Waals surface area contributed by atoms with Crippen LogP contribution < -0.4 is 5.32 Å². The molecule has 3 heterocycles. The van der Waals surface area contributed by atoms with E-state index in [2.05, 4.69) is 15.4 Å². The molecule has 0 saturated carbocycles. The van der Waals surface area contributed by atoms with Crippen LogP contribution in [0.5, 0.6) is 0 Å². The molecular weight excluding hydrogens is 318 g/mol. The van der Waals surface area contributed by atoms with Crippen LogP contribution in [0.15, 0.2) is 34.9 Å². The van der Waals surface area contributed by atoms with Crippen molar-refractivity contribution in [1.82, 2.24) is 15.4 Å². The van der Waals surface area contributed by atoms with Crippen molar-refractivity contribution in [2.45, 2.75) is 31.8 Å². The number of carbonyl (C=O) groups excluding carboxylic acids is 1. The Bertz CT molecular complexity index is 738. The Kier molecular flexibility index (Phi) is 4.55. The minimum atomic E-state index is -0.141. The molecule has 2 aliphatic rings. The molecule has 0 bridgehead atoms. The molecule has 132 valence electrons. The fourth-order valence-electron chi connectivity index (χ4n) is 3.79. The van der Waals surface area contributed by atoms with Gasteiger partial charge in [0.05, 0.1) is 25.3 Å². The SMILES string of the molecule is Cc1onc(-c2ccccc2)c1C(=O)N[C@@H]1COC[C@H]1N1CCCC1. The normalized spacial score (nSPS) is 23.9. The molecule has 1 aromatic carbocycles. The Labute approximate surface area is 147 Å². The number of likely N-dealkylation sites (tertiary alicyclic amines) is 1. The second-order valence-electron chi connectivity index (χ2n) is 6.76. The molecule has 2 saturated heterocycles. The third-order valence-corrected chi connectivity index (χ3v) is 5.11. The van der Waals surface area contributed by atoms with Gasteiger partial charge >= 0.3 is 0 Å². The van der Waals surface area contributed by atoms with Crippen molar-refractivity contribution in [3.05, 3.63) is 41.7 Å². The van der Waals surface area contributed by atoms with Gasteiger partial charge in [-0.2, -0.15) is 0 Å². The summed E-state index contributed by atoms with van der Waals surface area (Å²) < 4.78 is 11.0. The quantitative estimate of drug-likeness (QED) is 0.924. The van der Waals surface area contributed by atoms with Crippen molar-refractivity contribution >= 4 is 5.91 Å². The molecular formula is C19H23N3O3. The first kappa shape index (κ1) is 16.3. The Morgan fingerprint density at radius 1 is 1.20 bits per heavy atom. The Hall–Kier alpha value is -2.18. The maximum Gasteiger partial charge on any atom is 0.257 e. The average Bonchev–Trinajstić information content (AvgIpc) is 3.35. The summed E-state index contributed by atoms with van der Waals surface area (Å²) in [4.78, 5) is 15.4. The zero-order chi connectivity index (χ0) is 17.2. The number of aryl methyl sites for hydroxylation is 1. The van der Waals surface area contributed by atoms with E-state index in [-0.39, 0.29) is 18.0 Å². The predicted molar refractivity (Wildman–Crippen MR) is 93.3 cm³/mol. The first-order valence-corrected chi connectivity index (χ1v) is 8.88. The van der Waals surface area contributed by atoms with E-state index in [1.807, 2.05) is 30.3 Å². The number of aromatic nitrogens is 1. The van der Waals surface area contributed by atoms with Gasteiger partial charge in [0.2, 0.25) is 0 Å². The monoisotopic (exact) mass is 341 g/mol. The average molecular weight is 341 g/mol. The van der Waals surface area contributed by atoms with E-state index in [0.29, 0.717) is 30.2 Å². The molecule has 2 fully saturated rings. The van der Waals surface area contributed by atoms with E-state index < -0.39 is 0 Å². The molecule has 6 nitrogen and oxygen atoms in total. The minimum absolute atomic E-state index is 0.00326. The lowest BCUT2D eigenvalue weighted by atomic mass is 10.0. The number of carbonyl (C=O) groups is 1. The Morgan fingerprint density at radius 2 is 1.96 bits per heavy atom. The van der Waals surface area contributed by atoms with Gasteiger partial charge < -0.3 is 14.6 Å². The maximum atomic E-state index is 13.0. The van der Waals surface area contributed by atoms with Gasteiger partial charge in [0.1, 0.15) is 17.0 Å². The van der Waals surface area contributed by atoms with E-state index in [4.69, 9.17) is 9.26 Å². The summed E-state index contributed by atoms with van der Waals surface area (Å²) in [6, 6.07) is 9.91. The van der Waals surface area contributed by atoms with Gasteiger partial charge in [-0.05, 0) is 32.9 Å². The molecule has 0 aliphatic carbocycles. The van der Waals surface area contributed by atoms with Gasteiger partial charge in [0, 0.05) is 5.56 Å². The van der Waals surface area contributed by atoms with Crippen molar-refractivity contribution in [3.63, 3.8) is 0 Å². The Balaban J connectivity index is 1.54. The number of amides is 1. The van der Waals surface area contributed by atoms with Crippen molar-refractivity contribution in [2.24, 2.45) is 0 Å². The van der Waals surface area contributed by atoms with Crippen molar-refractivity contribution in [1.29, 1.82) is 0 Å². The molecule has 2 aromatic rings. The fraction of sp³-hybridized carbons (Fsp3) is 0.474. The molecule has 1 N–H and O–H groups in total. The number of nitrogens with one attached hydrogen (secondary N) is 1. The zero-order valence-electron chi connectivity index (χ0n) is 14.4. The highest BCUT2D eigenvalue weighted by atomic mass is 16.5. The summed E-state index contributed by atoms with van der Waals surface area (Å²) in [6.45, 7) is 5.18. The van der Waals surface area contributed by atoms with Crippen LogP contribution in [-0.4, -0.2) is 54.4 Å². The summed E-state index contributed by atoms with van der Waals surface area (Å²) >= 11 is 0. The molecule has 25 heavy (non-hydrogen) atoms. The number of nitrogens with zero attached hydrogens (tertiary/aromatic N) is 2. The number of ether oxygens (including phenoxy) is 1. The molecule has 0 spiro atoms. The summed E-state index contributed by atoms with van der Waals surface area (Å²) in [6.07, 6.45) is 2.44. The van der Waals surface area contributed by atoms with Crippen LogP contribution in [0.4, 0.5) is 0 Å². The van der Waals surface area contributed by atoms with Crippen molar-refractivity contribution in [2.75, 3.05) is 26.3 Å². The molecule has 2 aliphatic heterocycles. The zero-order valence-corrected chi connectivity index (χ0v) is 14.4. The van der Waals surface area contributed by atoms with Gasteiger partial charge in [-0.15, -0.1) is 0 Å². The third-order valence-electron chi connectivity index (χ3n) is 5.11. The van der Waals surface area contributed by atoms with Crippen LogP contribution in [0.1, 0.15) is 29.0 Å². The highest BCUT2D eigenvalue weighted by molar-refractivity contribution is 6.01. The van der Waals surface area contributed by atoms with Gasteiger partial charge in [-0.25, -0.2) is 0 Å². The van der Waals surface area contributed by atoms with Gasteiger partial charge in [-0.3, -0.25) is 9.69 Å². The molecule has 6 heteroatoms. The second-order valence-corrected chi connectivity index (χ2v) is 6.76. The number of benzene rings is 1. The van der Waals surface area contributed by atoms with E-state index >= 15 is 0 Å². The maximum absolute atomic E-state index is 13.0. The van der Waals surface area contributed by atoms with Crippen LogP contribution in [0, 0.1) is 6.92 Å². The summed E-state index contributed by atoms with van der Waals surface area (Å²) in [5.41, 5.74) is 1.98. The number of hydrogen-bond donors (Lipinski definition) is 1. The molecule has 0 unspecified atom stereocenters. The first-order valence-electron chi connectivity index (χ1n) is 8.88. The minimum Gasteiger partial charge on any atom is -0.378 e.